The molecule has 0 saturated carbocycles. The summed E-state index contributed by atoms with van der Waals surface area (Å²) in [4.78, 5) is 29.3. The SMILES string of the molecule is Cc1cccc(CN(C(=O)CN(c2cc(Cl)cc(Cl)c2)S(C)(=O)=O)C(Cc2ccccc2)C(=O)NC(C)(C)C)c1. The maximum absolute atomic E-state index is 14.1. The number of rotatable bonds is 10. The summed E-state index contributed by atoms with van der Waals surface area (Å²) in [6.45, 7) is 7.10. The average Bonchev–Trinajstić information content (AvgIpc) is 2.82. The van der Waals surface area contributed by atoms with Crippen molar-refractivity contribution in [2.75, 3.05) is 17.1 Å². The summed E-state index contributed by atoms with van der Waals surface area (Å²) in [5.41, 5.74) is 2.27. The molecular formula is C30H35Cl2N3O4S. The van der Waals surface area contributed by atoms with E-state index < -0.39 is 34.1 Å². The number of halogens is 2. The summed E-state index contributed by atoms with van der Waals surface area (Å²) in [5, 5.41) is 3.46. The van der Waals surface area contributed by atoms with Crippen molar-refractivity contribution in [2.24, 2.45) is 0 Å². The molecule has 214 valence electrons. The van der Waals surface area contributed by atoms with Gasteiger partial charge >= 0.3 is 0 Å². The van der Waals surface area contributed by atoms with Crippen LogP contribution in [0.15, 0.2) is 72.8 Å². The monoisotopic (exact) mass is 603 g/mol. The van der Waals surface area contributed by atoms with Crippen LogP contribution in [-0.2, 0) is 32.6 Å². The first-order valence-electron chi connectivity index (χ1n) is 12.8. The summed E-state index contributed by atoms with van der Waals surface area (Å²) in [7, 11) is -3.93. The first-order chi connectivity index (χ1) is 18.6. The molecule has 7 nitrogen and oxygen atoms in total. The van der Waals surface area contributed by atoms with Gasteiger partial charge in [-0.15, -0.1) is 0 Å². The van der Waals surface area contributed by atoms with Crippen molar-refractivity contribution in [3.05, 3.63) is 99.5 Å². The largest absolute Gasteiger partial charge is 0.350 e. The van der Waals surface area contributed by atoms with Crippen molar-refractivity contribution in [3.8, 4) is 0 Å². The van der Waals surface area contributed by atoms with E-state index >= 15 is 0 Å². The van der Waals surface area contributed by atoms with Gasteiger partial charge in [0.05, 0.1) is 11.9 Å². The molecule has 3 aromatic rings. The number of amides is 2. The van der Waals surface area contributed by atoms with Crippen LogP contribution in [0.4, 0.5) is 5.69 Å². The quantitative estimate of drug-likeness (QED) is 0.326. The van der Waals surface area contributed by atoms with Crippen LogP contribution in [0.25, 0.3) is 0 Å². The molecule has 0 radical (unpaired) electrons. The first kappa shape index (κ1) is 31.5. The predicted molar refractivity (Wildman–Crippen MR) is 162 cm³/mol. The van der Waals surface area contributed by atoms with E-state index in [1.165, 1.54) is 23.1 Å². The second-order valence-corrected chi connectivity index (χ2v) is 13.6. The van der Waals surface area contributed by atoms with Crippen molar-refractivity contribution in [1.82, 2.24) is 10.2 Å². The molecule has 0 heterocycles. The molecule has 3 rings (SSSR count). The maximum Gasteiger partial charge on any atom is 0.244 e. The fraction of sp³-hybridized carbons (Fsp3) is 0.333. The molecule has 1 N–H and O–H groups in total. The van der Waals surface area contributed by atoms with E-state index in [0.29, 0.717) is 0 Å². The highest BCUT2D eigenvalue weighted by atomic mass is 35.5. The molecule has 0 aromatic heterocycles. The molecular weight excluding hydrogens is 569 g/mol. The van der Waals surface area contributed by atoms with Crippen molar-refractivity contribution in [1.29, 1.82) is 0 Å². The van der Waals surface area contributed by atoms with Crippen molar-refractivity contribution in [3.63, 3.8) is 0 Å². The maximum atomic E-state index is 14.1. The third-order valence-electron chi connectivity index (χ3n) is 6.02. The average molecular weight is 605 g/mol. The van der Waals surface area contributed by atoms with Crippen LogP contribution >= 0.6 is 23.2 Å². The molecule has 1 atom stereocenters. The number of hydrogen-bond acceptors (Lipinski definition) is 4. The highest BCUT2D eigenvalue weighted by molar-refractivity contribution is 7.92. The molecule has 40 heavy (non-hydrogen) atoms. The molecule has 0 saturated heterocycles. The predicted octanol–water partition coefficient (Wildman–Crippen LogP) is 5.62. The standard InChI is InChI=1S/C30H35Cl2N3O4S/c1-21-10-9-13-23(14-21)19-34(27(29(37)33-30(2,3)4)15-22-11-7-6-8-12-22)28(36)20-35(40(5,38)39)26-17-24(31)16-25(32)18-26/h6-14,16-18,27H,15,19-20H2,1-5H3,(H,33,37). The van der Waals surface area contributed by atoms with Crippen LogP contribution in [0.2, 0.25) is 10.0 Å². The van der Waals surface area contributed by atoms with E-state index in [1.807, 2.05) is 82.3 Å². The van der Waals surface area contributed by atoms with E-state index in [4.69, 9.17) is 23.2 Å². The van der Waals surface area contributed by atoms with E-state index in [-0.39, 0.29) is 34.6 Å². The topological polar surface area (TPSA) is 86.8 Å². The van der Waals surface area contributed by atoms with Crippen molar-refractivity contribution < 1.29 is 18.0 Å². The van der Waals surface area contributed by atoms with Gasteiger partial charge < -0.3 is 10.2 Å². The number of carbonyl (C=O) groups is 2. The van der Waals surface area contributed by atoms with Crippen molar-refractivity contribution >= 4 is 50.7 Å². The Morgan fingerprint density at radius 2 is 1.50 bits per heavy atom. The van der Waals surface area contributed by atoms with E-state index in [1.54, 1.807) is 0 Å². The number of anilines is 1. The Labute approximate surface area is 247 Å². The molecule has 0 aliphatic heterocycles. The van der Waals surface area contributed by atoms with Crippen LogP contribution in [0.1, 0.15) is 37.5 Å². The molecule has 0 fully saturated rings. The summed E-state index contributed by atoms with van der Waals surface area (Å²) in [6.07, 6.45) is 1.25. The Hall–Kier alpha value is -3.07. The third-order valence-corrected chi connectivity index (χ3v) is 7.60. The van der Waals surface area contributed by atoms with E-state index in [9.17, 15) is 18.0 Å². The smallest absolute Gasteiger partial charge is 0.244 e. The minimum atomic E-state index is -3.93. The Bertz CT molecular complexity index is 1440. The number of hydrogen-bond donors (Lipinski definition) is 1. The zero-order chi connectivity index (χ0) is 29.7. The normalized spacial score (nSPS) is 12.5. The Balaban J connectivity index is 2.09. The van der Waals surface area contributed by atoms with Crippen LogP contribution in [0.5, 0.6) is 0 Å². The fourth-order valence-corrected chi connectivity index (χ4v) is 5.66. The van der Waals surface area contributed by atoms with Gasteiger partial charge in [-0.1, -0.05) is 83.4 Å². The number of nitrogens with zero attached hydrogens (tertiary/aromatic N) is 2. The lowest BCUT2D eigenvalue weighted by molar-refractivity contribution is -0.140. The molecule has 3 aromatic carbocycles. The minimum absolute atomic E-state index is 0.101. The first-order valence-corrected chi connectivity index (χ1v) is 15.4. The van der Waals surface area contributed by atoms with Crippen LogP contribution in [0.3, 0.4) is 0 Å². The summed E-state index contributed by atoms with van der Waals surface area (Å²) in [6, 6.07) is 20.5. The molecule has 0 bridgehead atoms. The van der Waals surface area contributed by atoms with Gasteiger partial charge in [0.15, 0.2) is 0 Å². The third kappa shape index (κ3) is 9.25. The lowest BCUT2D eigenvalue weighted by atomic mass is 10.0. The van der Waals surface area contributed by atoms with Crippen LogP contribution in [-0.4, -0.2) is 49.5 Å². The Morgan fingerprint density at radius 1 is 0.900 bits per heavy atom. The highest BCUT2D eigenvalue weighted by Gasteiger charge is 2.34. The lowest BCUT2D eigenvalue weighted by Gasteiger charge is -2.35. The van der Waals surface area contributed by atoms with Gasteiger partial charge in [-0.2, -0.15) is 0 Å². The summed E-state index contributed by atoms with van der Waals surface area (Å²) >= 11 is 12.3. The summed E-state index contributed by atoms with van der Waals surface area (Å²) < 4.78 is 26.7. The van der Waals surface area contributed by atoms with Crippen LogP contribution < -0.4 is 9.62 Å². The van der Waals surface area contributed by atoms with E-state index in [0.717, 1.165) is 27.3 Å². The fourth-order valence-electron chi connectivity index (χ4n) is 4.31. The Kier molecular flexibility index (Phi) is 10.3. The Morgan fingerprint density at radius 3 is 2.05 bits per heavy atom. The molecule has 10 heteroatoms. The second kappa shape index (κ2) is 13.1. The molecule has 2 amide bonds. The van der Waals surface area contributed by atoms with Gasteiger partial charge in [-0.25, -0.2) is 8.42 Å². The second-order valence-electron chi connectivity index (χ2n) is 10.9. The number of benzene rings is 3. The van der Waals surface area contributed by atoms with Crippen LogP contribution in [0, 0.1) is 6.92 Å². The number of carbonyl (C=O) groups excluding carboxylic acids is 2. The number of nitrogens with one attached hydrogen (secondary N) is 1. The van der Waals surface area contributed by atoms with Crippen molar-refractivity contribution in [2.45, 2.75) is 52.2 Å². The molecule has 0 aliphatic rings. The molecule has 0 spiro atoms. The zero-order valence-electron chi connectivity index (χ0n) is 23.3. The number of aryl methyl sites for hydroxylation is 1. The van der Waals surface area contributed by atoms with Gasteiger partial charge in [-0.05, 0) is 57.0 Å². The van der Waals surface area contributed by atoms with Gasteiger partial charge in [-0.3, -0.25) is 13.9 Å². The van der Waals surface area contributed by atoms with Gasteiger partial charge in [0.1, 0.15) is 12.6 Å². The number of sulfonamides is 1. The van der Waals surface area contributed by atoms with Gasteiger partial charge in [0, 0.05) is 28.5 Å². The van der Waals surface area contributed by atoms with E-state index in [2.05, 4.69) is 5.32 Å². The van der Waals surface area contributed by atoms with Gasteiger partial charge in [0.25, 0.3) is 0 Å². The summed E-state index contributed by atoms with van der Waals surface area (Å²) in [5.74, 6) is -0.887. The lowest BCUT2D eigenvalue weighted by Crippen LogP contribution is -2.56. The van der Waals surface area contributed by atoms with Gasteiger partial charge in [0.2, 0.25) is 21.8 Å². The molecule has 1 unspecified atom stereocenters. The zero-order valence-corrected chi connectivity index (χ0v) is 25.6. The minimum Gasteiger partial charge on any atom is -0.350 e. The highest BCUT2D eigenvalue weighted by Crippen LogP contribution is 2.27. The molecule has 0 aliphatic carbocycles.